The van der Waals surface area contributed by atoms with Gasteiger partial charge in [-0.2, -0.15) is 0 Å². The quantitative estimate of drug-likeness (QED) is 0.672. The molecule has 0 fully saturated rings. The molecule has 2 rings (SSSR count). The summed E-state index contributed by atoms with van der Waals surface area (Å²) in [5.41, 5.74) is 3.97. The minimum Gasteiger partial charge on any atom is -0.208 e. The average Bonchev–Trinajstić information content (AvgIpc) is 2.30. The molecule has 0 amide bonds. The van der Waals surface area contributed by atoms with Crippen LogP contribution in [0.25, 0.3) is 11.1 Å². The van der Waals surface area contributed by atoms with Crippen LogP contribution in [0, 0.1) is 0 Å². The number of aromatic nitrogens is 1. The van der Waals surface area contributed by atoms with Crippen molar-refractivity contribution < 1.29 is 4.57 Å². The maximum Gasteiger partial charge on any atom is 0.169 e. The van der Waals surface area contributed by atoms with Crippen molar-refractivity contribution in [1.29, 1.82) is 0 Å². The zero-order valence-corrected chi connectivity index (χ0v) is 10.1. The zero-order valence-electron chi connectivity index (χ0n) is 10.1. The van der Waals surface area contributed by atoms with Crippen molar-refractivity contribution in [2.75, 3.05) is 0 Å². The van der Waals surface area contributed by atoms with E-state index in [9.17, 15) is 0 Å². The van der Waals surface area contributed by atoms with E-state index >= 15 is 0 Å². The lowest BCUT2D eigenvalue weighted by atomic mass is 9.98. The first-order chi connectivity index (χ1) is 7.66. The smallest absolute Gasteiger partial charge is 0.169 e. The van der Waals surface area contributed by atoms with Gasteiger partial charge in [0, 0.05) is 12.1 Å². The number of aryl methyl sites for hydroxylation is 1. The number of hydrogen-bond donors (Lipinski definition) is 0. The number of nitrogens with zero attached hydrogens (tertiary/aromatic N) is 1. The van der Waals surface area contributed by atoms with Crippen molar-refractivity contribution in [3.63, 3.8) is 0 Å². The molecule has 0 N–H and O–H groups in total. The van der Waals surface area contributed by atoms with E-state index in [2.05, 4.69) is 67.2 Å². The predicted octanol–water partition coefficient (Wildman–Crippen LogP) is 3.30. The van der Waals surface area contributed by atoms with E-state index < -0.39 is 0 Å². The third kappa shape index (κ3) is 2.30. The highest BCUT2D eigenvalue weighted by molar-refractivity contribution is 5.63. The lowest BCUT2D eigenvalue weighted by Gasteiger charge is -2.07. The summed E-state index contributed by atoms with van der Waals surface area (Å²) < 4.78 is 2.05. The SMILES string of the molecule is CC(C)c1cccc(-c2cc[n+](C)cc2)c1. The monoisotopic (exact) mass is 212 g/mol. The molecule has 0 aliphatic rings. The summed E-state index contributed by atoms with van der Waals surface area (Å²) in [4.78, 5) is 0. The van der Waals surface area contributed by atoms with Crippen LogP contribution in [0.15, 0.2) is 48.8 Å². The highest BCUT2D eigenvalue weighted by Crippen LogP contribution is 2.22. The van der Waals surface area contributed by atoms with Gasteiger partial charge in [0.15, 0.2) is 12.4 Å². The van der Waals surface area contributed by atoms with Crippen molar-refractivity contribution >= 4 is 0 Å². The van der Waals surface area contributed by atoms with Crippen LogP contribution in [0.5, 0.6) is 0 Å². The molecular weight excluding hydrogens is 194 g/mol. The van der Waals surface area contributed by atoms with E-state index in [-0.39, 0.29) is 0 Å². The van der Waals surface area contributed by atoms with Crippen LogP contribution in [0.2, 0.25) is 0 Å². The van der Waals surface area contributed by atoms with Crippen molar-refractivity contribution in [2.24, 2.45) is 7.05 Å². The van der Waals surface area contributed by atoms with Crippen molar-refractivity contribution in [1.82, 2.24) is 0 Å². The molecule has 0 saturated carbocycles. The van der Waals surface area contributed by atoms with E-state index in [0.717, 1.165) is 0 Å². The van der Waals surface area contributed by atoms with E-state index in [0.29, 0.717) is 5.92 Å². The highest BCUT2D eigenvalue weighted by atomic mass is 14.9. The molecule has 0 bridgehead atoms. The molecule has 16 heavy (non-hydrogen) atoms. The molecule has 1 aromatic carbocycles. The Balaban J connectivity index is 2.40. The second-order valence-electron chi connectivity index (χ2n) is 4.53. The van der Waals surface area contributed by atoms with E-state index in [1.165, 1.54) is 16.7 Å². The standard InChI is InChI=1S/C15H18N/c1-12(2)14-5-4-6-15(11-14)13-7-9-16(3)10-8-13/h4-12H,1-3H3/q+1. The number of pyridine rings is 1. The molecule has 1 aromatic heterocycles. The molecular formula is C15H18N+. The summed E-state index contributed by atoms with van der Waals surface area (Å²) in [6, 6.07) is 13.1. The van der Waals surface area contributed by atoms with E-state index in [1.807, 2.05) is 7.05 Å². The van der Waals surface area contributed by atoms with Crippen LogP contribution in [-0.2, 0) is 7.05 Å². The van der Waals surface area contributed by atoms with Gasteiger partial charge in [-0.05, 0) is 22.6 Å². The van der Waals surface area contributed by atoms with Crippen LogP contribution in [0.1, 0.15) is 25.3 Å². The summed E-state index contributed by atoms with van der Waals surface area (Å²) in [5.74, 6) is 0.583. The third-order valence-corrected chi connectivity index (χ3v) is 2.87. The molecule has 0 atom stereocenters. The van der Waals surface area contributed by atoms with Crippen molar-refractivity contribution in [2.45, 2.75) is 19.8 Å². The summed E-state index contributed by atoms with van der Waals surface area (Å²) in [6.45, 7) is 4.45. The van der Waals surface area contributed by atoms with Gasteiger partial charge in [0.25, 0.3) is 0 Å². The Bertz CT molecular complexity index is 469. The molecule has 0 unspecified atom stereocenters. The Kier molecular flexibility index (Phi) is 3.04. The number of benzene rings is 1. The molecule has 0 spiro atoms. The van der Waals surface area contributed by atoms with Crippen LogP contribution < -0.4 is 4.57 Å². The molecule has 2 aromatic rings. The summed E-state index contributed by atoms with van der Waals surface area (Å²) in [5, 5.41) is 0. The molecule has 1 heteroatoms. The first-order valence-corrected chi connectivity index (χ1v) is 5.72. The Labute approximate surface area is 97.4 Å². The first kappa shape index (κ1) is 10.9. The van der Waals surface area contributed by atoms with Gasteiger partial charge in [-0.3, -0.25) is 0 Å². The Morgan fingerprint density at radius 1 is 0.938 bits per heavy atom. The fourth-order valence-electron chi connectivity index (χ4n) is 1.77. The van der Waals surface area contributed by atoms with Gasteiger partial charge in [0.05, 0.1) is 0 Å². The maximum atomic E-state index is 2.28. The topological polar surface area (TPSA) is 3.88 Å². The second-order valence-corrected chi connectivity index (χ2v) is 4.53. The molecule has 0 aliphatic carbocycles. The highest BCUT2D eigenvalue weighted by Gasteiger charge is 2.03. The molecule has 1 heterocycles. The largest absolute Gasteiger partial charge is 0.208 e. The van der Waals surface area contributed by atoms with Gasteiger partial charge >= 0.3 is 0 Å². The van der Waals surface area contributed by atoms with Crippen molar-refractivity contribution in [3.05, 3.63) is 54.4 Å². The summed E-state index contributed by atoms with van der Waals surface area (Å²) in [7, 11) is 2.04. The van der Waals surface area contributed by atoms with E-state index in [4.69, 9.17) is 0 Å². The lowest BCUT2D eigenvalue weighted by Crippen LogP contribution is -2.25. The molecule has 82 valence electrons. The number of hydrogen-bond acceptors (Lipinski definition) is 0. The van der Waals surface area contributed by atoms with Gasteiger partial charge in [-0.15, -0.1) is 0 Å². The maximum absolute atomic E-state index is 2.28. The lowest BCUT2D eigenvalue weighted by molar-refractivity contribution is -0.671. The first-order valence-electron chi connectivity index (χ1n) is 5.72. The average molecular weight is 212 g/mol. The summed E-state index contributed by atoms with van der Waals surface area (Å²) >= 11 is 0. The fraction of sp³-hybridized carbons (Fsp3) is 0.267. The minimum atomic E-state index is 0.583. The van der Waals surface area contributed by atoms with Gasteiger partial charge in [0.2, 0.25) is 0 Å². The fourth-order valence-corrected chi connectivity index (χ4v) is 1.77. The molecule has 0 radical (unpaired) electrons. The van der Waals surface area contributed by atoms with Crippen LogP contribution in [0.3, 0.4) is 0 Å². The zero-order chi connectivity index (χ0) is 11.5. The normalized spacial score (nSPS) is 10.8. The molecule has 1 nitrogen and oxygen atoms in total. The van der Waals surface area contributed by atoms with E-state index in [1.54, 1.807) is 0 Å². The minimum absolute atomic E-state index is 0.583. The van der Waals surface area contributed by atoms with Crippen LogP contribution in [0.4, 0.5) is 0 Å². The van der Waals surface area contributed by atoms with Crippen LogP contribution in [-0.4, -0.2) is 0 Å². The second kappa shape index (κ2) is 4.48. The van der Waals surface area contributed by atoms with Gasteiger partial charge in [-0.1, -0.05) is 38.1 Å². The summed E-state index contributed by atoms with van der Waals surface area (Å²) in [6.07, 6.45) is 4.16. The third-order valence-electron chi connectivity index (χ3n) is 2.87. The van der Waals surface area contributed by atoms with Crippen LogP contribution >= 0.6 is 0 Å². The number of rotatable bonds is 2. The Morgan fingerprint density at radius 2 is 1.62 bits per heavy atom. The van der Waals surface area contributed by atoms with Gasteiger partial charge in [-0.25, -0.2) is 4.57 Å². The Hall–Kier alpha value is -1.63. The molecule has 0 aliphatic heterocycles. The van der Waals surface area contributed by atoms with Gasteiger partial charge in [0.1, 0.15) is 7.05 Å². The van der Waals surface area contributed by atoms with Gasteiger partial charge < -0.3 is 0 Å². The predicted molar refractivity (Wildman–Crippen MR) is 67.1 cm³/mol. The van der Waals surface area contributed by atoms with Crippen molar-refractivity contribution in [3.8, 4) is 11.1 Å². The Morgan fingerprint density at radius 3 is 2.25 bits per heavy atom. The molecule has 0 saturated heterocycles.